The van der Waals surface area contributed by atoms with E-state index in [2.05, 4.69) is 42.3 Å². The number of likely N-dealkylation sites (tertiary alicyclic amines) is 1. The van der Waals surface area contributed by atoms with Gasteiger partial charge in [0.1, 0.15) is 5.69 Å². The number of hydrogen-bond acceptors (Lipinski definition) is 3. The predicted molar refractivity (Wildman–Crippen MR) is 88.6 cm³/mol. The van der Waals surface area contributed by atoms with Gasteiger partial charge in [-0.25, -0.2) is 0 Å². The number of amides is 1. The number of nitrogens with zero attached hydrogens (tertiary/aromatic N) is 2. The van der Waals surface area contributed by atoms with E-state index in [4.69, 9.17) is 0 Å². The molecular formula is C18H21N3O. The van der Waals surface area contributed by atoms with Crippen molar-refractivity contribution in [1.29, 1.82) is 0 Å². The second kappa shape index (κ2) is 6.18. The molecule has 0 unspecified atom stereocenters. The van der Waals surface area contributed by atoms with Crippen LogP contribution in [0.1, 0.15) is 34.5 Å². The number of rotatable bonds is 3. The van der Waals surface area contributed by atoms with Crippen LogP contribution in [0, 0.1) is 13.8 Å². The molecule has 0 atom stereocenters. The fourth-order valence-corrected chi connectivity index (χ4v) is 2.82. The molecular weight excluding hydrogens is 274 g/mol. The minimum absolute atomic E-state index is 0.0294. The molecule has 1 aromatic carbocycles. The van der Waals surface area contributed by atoms with Crippen LogP contribution in [-0.4, -0.2) is 28.9 Å². The first-order valence-corrected chi connectivity index (χ1v) is 7.73. The SMILES string of the molecule is Cc1ccc(Nc2ccnc(C(=O)N3CCCC3)c2)c(C)c1. The van der Waals surface area contributed by atoms with Crippen molar-refractivity contribution in [2.45, 2.75) is 26.7 Å². The second-order valence-electron chi connectivity index (χ2n) is 5.87. The average Bonchev–Trinajstić information content (AvgIpc) is 3.04. The lowest BCUT2D eigenvalue weighted by Gasteiger charge is -2.15. The summed E-state index contributed by atoms with van der Waals surface area (Å²) in [6.07, 6.45) is 3.87. The summed E-state index contributed by atoms with van der Waals surface area (Å²) in [6, 6.07) is 10.00. The lowest BCUT2D eigenvalue weighted by atomic mass is 10.1. The summed E-state index contributed by atoms with van der Waals surface area (Å²) in [6.45, 7) is 5.84. The summed E-state index contributed by atoms with van der Waals surface area (Å²) in [5.74, 6) is 0.0294. The molecule has 2 heterocycles. The minimum Gasteiger partial charge on any atom is -0.355 e. The standard InChI is InChI=1S/C18H21N3O/c1-13-5-6-16(14(2)11-13)20-15-7-8-19-17(12-15)18(22)21-9-3-4-10-21/h5-8,11-12H,3-4,9-10H2,1-2H3,(H,19,20). The zero-order valence-electron chi connectivity index (χ0n) is 13.1. The fraction of sp³-hybridized carbons (Fsp3) is 0.333. The summed E-state index contributed by atoms with van der Waals surface area (Å²) >= 11 is 0. The third-order valence-corrected chi connectivity index (χ3v) is 4.03. The van der Waals surface area contributed by atoms with Gasteiger partial charge in [-0.3, -0.25) is 9.78 Å². The van der Waals surface area contributed by atoms with E-state index in [-0.39, 0.29) is 5.91 Å². The van der Waals surface area contributed by atoms with Crippen LogP contribution in [0.4, 0.5) is 11.4 Å². The Kier molecular flexibility index (Phi) is 4.09. The lowest BCUT2D eigenvalue weighted by Crippen LogP contribution is -2.28. The van der Waals surface area contributed by atoms with Crippen molar-refractivity contribution in [3.05, 3.63) is 53.3 Å². The summed E-state index contributed by atoms with van der Waals surface area (Å²) in [5.41, 5.74) is 4.88. The van der Waals surface area contributed by atoms with Gasteiger partial charge >= 0.3 is 0 Å². The molecule has 1 fully saturated rings. The van der Waals surface area contributed by atoms with Gasteiger partial charge in [-0.2, -0.15) is 0 Å². The van der Waals surface area contributed by atoms with Gasteiger partial charge in [0.15, 0.2) is 0 Å². The van der Waals surface area contributed by atoms with Crippen molar-refractivity contribution in [2.24, 2.45) is 0 Å². The summed E-state index contributed by atoms with van der Waals surface area (Å²) in [7, 11) is 0. The molecule has 3 rings (SSSR count). The van der Waals surface area contributed by atoms with Crippen molar-refractivity contribution < 1.29 is 4.79 Å². The highest BCUT2D eigenvalue weighted by Gasteiger charge is 2.20. The number of anilines is 2. The molecule has 114 valence electrons. The van der Waals surface area contributed by atoms with E-state index in [1.165, 1.54) is 11.1 Å². The largest absolute Gasteiger partial charge is 0.355 e. The van der Waals surface area contributed by atoms with Crippen molar-refractivity contribution in [2.75, 3.05) is 18.4 Å². The molecule has 0 bridgehead atoms. The molecule has 1 N–H and O–H groups in total. The van der Waals surface area contributed by atoms with Gasteiger partial charge in [0.05, 0.1) is 0 Å². The number of aromatic nitrogens is 1. The molecule has 0 radical (unpaired) electrons. The first-order chi connectivity index (χ1) is 10.6. The van der Waals surface area contributed by atoms with Gasteiger partial charge in [-0.05, 0) is 50.5 Å². The van der Waals surface area contributed by atoms with E-state index in [1.807, 2.05) is 17.0 Å². The maximum Gasteiger partial charge on any atom is 0.272 e. The van der Waals surface area contributed by atoms with E-state index in [0.717, 1.165) is 37.3 Å². The van der Waals surface area contributed by atoms with Gasteiger partial charge in [0, 0.05) is 30.7 Å². The van der Waals surface area contributed by atoms with Crippen molar-refractivity contribution in [3.63, 3.8) is 0 Å². The molecule has 1 aliphatic rings. The van der Waals surface area contributed by atoms with Crippen LogP contribution in [-0.2, 0) is 0 Å². The van der Waals surface area contributed by atoms with Gasteiger partial charge < -0.3 is 10.2 Å². The van der Waals surface area contributed by atoms with Gasteiger partial charge in [-0.1, -0.05) is 17.7 Å². The van der Waals surface area contributed by atoms with Crippen LogP contribution < -0.4 is 5.32 Å². The van der Waals surface area contributed by atoms with Crippen molar-refractivity contribution in [3.8, 4) is 0 Å². The maximum atomic E-state index is 12.4. The number of nitrogens with one attached hydrogen (secondary N) is 1. The van der Waals surface area contributed by atoms with Gasteiger partial charge in [0.25, 0.3) is 5.91 Å². The predicted octanol–water partition coefficient (Wildman–Crippen LogP) is 3.68. The Morgan fingerprint density at radius 2 is 1.91 bits per heavy atom. The molecule has 0 saturated carbocycles. The van der Waals surface area contributed by atoms with Crippen LogP contribution >= 0.6 is 0 Å². The van der Waals surface area contributed by atoms with Crippen molar-refractivity contribution in [1.82, 2.24) is 9.88 Å². The molecule has 0 spiro atoms. The molecule has 1 saturated heterocycles. The molecule has 1 amide bonds. The van der Waals surface area contributed by atoms with Crippen LogP contribution in [0.15, 0.2) is 36.5 Å². The van der Waals surface area contributed by atoms with E-state index in [0.29, 0.717) is 5.69 Å². The molecule has 0 aliphatic carbocycles. The highest BCUT2D eigenvalue weighted by atomic mass is 16.2. The Hall–Kier alpha value is -2.36. The molecule has 1 aliphatic heterocycles. The van der Waals surface area contributed by atoms with Crippen LogP contribution in [0.25, 0.3) is 0 Å². The zero-order valence-corrected chi connectivity index (χ0v) is 13.1. The van der Waals surface area contributed by atoms with E-state index in [1.54, 1.807) is 6.20 Å². The normalized spacial score (nSPS) is 14.2. The maximum absolute atomic E-state index is 12.4. The molecule has 4 nitrogen and oxygen atoms in total. The monoisotopic (exact) mass is 295 g/mol. The molecule has 1 aromatic heterocycles. The number of hydrogen-bond donors (Lipinski definition) is 1. The topological polar surface area (TPSA) is 45.2 Å². The zero-order chi connectivity index (χ0) is 15.5. The third-order valence-electron chi connectivity index (χ3n) is 4.03. The number of carbonyl (C=O) groups is 1. The van der Waals surface area contributed by atoms with Gasteiger partial charge in [0.2, 0.25) is 0 Å². The Labute approximate surface area is 131 Å². The summed E-state index contributed by atoms with van der Waals surface area (Å²) < 4.78 is 0. The quantitative estimate of drug-likeness (QED) is 0.939. The number of pyridine rings is 1. The Morgan fingerprint density at radius 3 is 2.64 bits per heavy atom. The minimum atomic E-state index is 0.0294. The molecule has 22 heavy (non-hydrogen) atoms. The number of aryl methyl sites for hydroxylation is 2. The van der Waals surface area contributed by atoms with E-state index >= 15 is 0 Å². The Morgan fingerprint density at radius 1 is 1.14 bits per heavy atom. The van der Waals surface area contributed by atoms with Crippen LogP contribution in [0.3, 0.4) is 0 Å². The smallest absolute Gasteiger partial charge is 0.272 e. The van der Waals surface area contributed by atoms with Gasteiger partial charge in [-0.15, -0.1) is 0 Å². The molecule has 2 aromatic rings. The summed E-state index contributed by atoms with van der Waals surface area (Å²) in [5, 5.41) is 3.37. The first-order valence-electron chi connectivity index (χ1n) is 7.73. The van der Waals surface area contributed by atoms with Crippen LogP contribution in [0.2, 0.25) is 0 Å². The second-order valence-corrected chi connectivity index (χ2v) is 5.87. The molecule has 4 heteroatoms. The highest BCUT2D eigenvalue weighted by molar-refractivity contribution is 5.93. The van der Waals surface area contributed by atoms with E-state index in [9.17, 15) is 4.79 Å². The lowest BCUT2D eigenvalue weighted by molar-refractivity contribution is 0.0787. The first kappa shape index (κ1) is 14.6. The van der Waals surface area contributed by atoms with Crippen molar-refractivity contribution >= 4 is 17.3 Å². The Balaban J connectivity index is 1.80. The average molecular weight is 295 g/mol. The fourth-order valence-electron chi connectivity index (χ4n) is 2.82. The third kappa shape index (κ3) is 3.11. The Bertz CT molecular complexity index is 690. The number of carbonyl (C=O) groups excluding carboxylic acids is 1. The van der Waals surface area contributed by atoms with Crippen LogP contribution in [0.5, 0.6) is 0 Å². The summed E-state index contributed by atoms with van der Waals surface area (Å²) in [4.78, 5) is 18.5. The number of benzene rings is 1. The van der Waals surface area contributed by atoms with E-state index < -0.39 is 0 Å². The highest BCUT2D eigenvalue weighted by Crippen LogP contribution is 2.22.